The summed E-state index contributed by atoms with van der Waals surface area (Å²) in [5.74, 6) is 2.39. The van der Waals surface area contributed by atoms with Crippen LogP contribution < -0.4 is 15.0 Å². The highest BCUT2D eigenvalue weighted by atomic mass is 127. The number of hydrogen-bond donors (Lipinski definition) is 1. The molecule has 3 rings (SSSR count). The fourth-order valence-corrected chi connectivity index (χ4v) is 4.02. The van der Waals surface area contributed by atoms with Gasteiger partial charge in [0.15, 0.2) is 5.96 Å². The Kier molecular flexibility index (Phi) is 8.69. The molecule has 1 aliphatic heterocycles. The molecule has 2 heterocycles. The van der Waals surface area contributed by atoms with Crippen molar-refractivity contribution in [3.63, 3.8) is 0 Å². The number of guanidine groups is 1. The summed E-state index contributed by atoms with van der Waals surface area (Å²) in [4.78, 5) is 9.23. The van der Waals surface area contributed by atoms with Crippen LogP contribution in [-0.2, 0) is 0 Å². The average Bonchev–Trinajstić information content (AvgIpc) is 3.24. The Labute approximate surface area is 183 Å². The van der Waals surface area contributed by atoms with Gasteiger partial charge in [0.2, 0.25) is 0 Å². The van der Waals surface area contributed by atoms with Crippen LogP contribution in [0.1, 0.15) is 18.4 Å². The van der Waals surface area contributed by atoms with Crippen LogP contribution in [0.3, 0.4) is 0 Å². The second-order valence-electron chi connectivity index (χ2n) is 6.56. The maximum absolute atomic E-state index is 5.34. The molecular formula is C20H29IN4OS. The predicted octanol–water partition coefficient (Wildman–Crippen LogP) is 3.88. The quantitative estimate of drug-likeness (QED) is 0.385. The number of aliphatic imine (C=N–C) groups is 1. The van der Waals surface area contributed by atoms with Crippen molar-refractivity contribution in [2.24, 2.45) is 4.99 Å². The number of hydrogen-bond acceptors (Lipinski definition) is 4. The van der Waals surface area contributed by atoms with Gasteiger partial charge in [0.25, 0.3) is 0 Å². The van der Waals surface area contributed by atoms with E-state index >= 15 is 0 Å². The Hall–Kier alpha value is -1.48. The highest BCUT2D eigenvalue weighted by Gasteiger charge is 2.20. The number of nitrogens with one attached hydrogen (secondary N) is 1. The molecule has 27 heavy (non-hydrogen) atoms. The molecule has 1 aromatic heterocycles. The lowest BCUT2D eigenvalue weighted by atomic mass is 10.1. The smallest absolute Gasteiger partial charge is 0.193 e. The predicted molar refractivity (Wildman–Crippen MR) is 126 cm³/mol. The van der Waals surface area contributed by atoms with E-state index in [2.05, 4.69) is 56.0 Å². The molecule has 1 N–H and O–H groups in total. The summed E-state index contributed by atoms with van der Waals surface area (Å²) in [7, 11) is 3.58. The van der Waals surface area contributed by atoms with Crippen molar-refractivity contribution in [1.29, 1.82) is 0 Å². The summed E-state index contributed by atoms with van der Waals surface area (Å²) in [5.41, 5.74) is 2.61. The second kappa shape index (κ2) is 10.8. The van der Waals surface area contributed by atoms with Crippen molar-refractivity contribution in [2.75, 3.05) is 51.8 Å². The van der Waals surface area contributed by atoms with Crippen molar-refractivity contribution in [2.45, 2.75) is 12.8 Å². The van der Waals surface area contributed by atoms with Crippen LogP contribution in [0.5, 0.6) is 5.75 Å². The maximum Gasteiger partial charge on any atom is 0.193 e. The van der Waals surface area contributed by atoms with E-state index in [1.807, 2.05) is 19.2 Å². The Morgan fingerprint density at radius 2 is 2.04 bits per heavy atom. The molecular weight excluding hydrogens is 471 g/mol. The molecule has 0 saturated carbocycles. The van der Waals surface area contributed by atoms with Gasteiger partial charge in [-0.05, 0) is 40.4 Å². The summed E-state index contributed by atoms with van der Waals surface area (Å²) in [6.07, 6.45) is 0. The molecule has 0 aliphatic carbocycles. The summed E-state index contributed by atoms with van der Waals surface area (Å²) < 4.78 is 5.34. The molecule has 1 aromatic carbocycles. The summed E-state index contributed by atoms with van der Waals surface area (Å²) in [6, 6.07) is 10.5. The molecule has 1 atom stereocenters. The minimum absolute atomic E-state index is 0. The lowest BCUT2D eigenvalue weighted by Gasteiger charge is -2.38. The van der Waals surface area contributed by atoms with Crippen molar-refractivity contribution in [3.8, 4) is 5.75 Å². The number of nitrogens with zero attached hydrogens (tertiary/aromatic N) is 3. The summed E-state index contributed by atoms with van der Waals surface area (Å²) in [5, 5.41) is 7.90. The SMILES string of the molecule is CN=C(NCC(C)c1ccsc1)N1CCN(c2cccc(OC)c2)CC1.I. The van der Waals surface area contributed by atoms with Crippen LogP contribution in [0.15, 0.2) is 46.1 Å². The fourth-order valence-electron chi connectivity index (χ4n) is 3.23. The van der Waals surface area contributed by atoms with E-state index in [1.165, 1.54) is 11.3 Å². The normalized spacial score (nSPS) is 15.9. The van der Waals surface area contributed by atoms with Crippen LogP contribution in [0.25, 0.3) is 0 Å². The summed E-state index contributed by atoms with van der Waals surface area (Å²) in [6.45, 7) is 7.04. The third kappa shape index (κ3) is 5.75. The Morgan fingerprint density at radius 1 is 1.26 bits per heavy atom. The van der Waals surface area contributed by atoms with Gasteiger partial charge < -0.3 is 19.9 Å². The first-order valence-electron chi connectivity index (χ1n) is 9.08. The van der Waals surface area contributed by atoms with E-state index in [0.29, 0.717) is 5.92 Å². The molecule has 148 valence electrons. The zero-order valence-electron chi connectivity index (χ0n) is 16.2. The van der Waals surface area contributed by atoms with Crippen LogP contribution in [-0.4, -0.2) is 57.7 Å². The first-order valence-corrected chi connectivity index (χ1v) is 10.0. The standard InChI is InChI=1S/C20H28N4OS.HI/c1-16(17-7-12-26-15-17)14-22-20(21-2)24-10-8-23(9-11-24)18-5-4-6-19(13-18)25-3;/h4-7,12-13,15-16H,8-11,14H2,1-3H3,(H,21,22);1H. The van der Waals surface area contributed by atoms with Gasteiger partial charge in [-0.2, -0.15) is 11.3 Å². The number of methoxy groups -OCH3 is 1. The van der Waals surface area contributed by atoms with Crippen molar-refractivity contribution >= 4 is 47.0 Å². The molecule has 1 aliphatic rings. The Bertz CT molecular complexity index is 715. The lowest BCUT2D eigenvalue weighted by molar-refractivity contribution is 0.371. The number of rotatable bonds is 5. The molecule has 0 radical (unpaired) electrons. The van der Waals surface area contributed by atoms with Gasteiger partial charge >= 0.3 is 0 Å². The van der Waals surface area contributed by atoms with Gasteiger partial charge in [0.05, 0.1) is 7.11 Å². The Balaban J connectivity index is 0.00000261. The van der Waals surface area contributed by atoms with Crippen molar-refractivity contribution in [1.82, 2.24) is 10.2 Å². The average molecular weight is 500 g/mol. The highest BCUT2D eigenvalue weighted by molar-refractivity contribution is 14.0. The molecule has 1 fully saturated rings. The van der Waals surface area contributed by atoms with Gasteiger partial charge in [0.1, 0.15) is 5.75 Å². The summed E-state index contributed by atoms with van der Waals surface area (Å²) >= 11 is 1.75. The van der Waals surface area contributed by atoms with E-state index < -0.39 is 0 Å². The number of benzene rings is 1. The largest absolute Gasteiger partial charge is 0.497 e. The van der Waals surface area contributed by atoms with Crippen LogP contribution in [0.2, 0.25) is 0 Å². The topological polar surface area (TPSA) is 40.1 Å². The molecule has 5 nitrogen and oxygen atoms in total. The third-order valence-electron chi connectivity index (χ3n) is 4.89. The van der Waals surface area contributed by atoms with Crippen molar-refractivity contribution in [3.05, 3.63) is 46.7 Å². The first kappa shape index (κ1) is 21.8. The van der Waals surface area contributed by atoms with E-state index in [4.69, 9.17) is 4.74 Å². The molecule has 7 heteroatoms. The van der Waals surface area contributed by atoms with E-state index in [1.54, 1.807) is 18.4 Å². The first-order chi connectivity index (χ1) is 12.7. The van der Waals surface area contributed by atoms with E-state index in [-0.39, 0.29) is 24.0 Å². The van der Waals surface area contributed by atoms with Crippen LogP contribution >= 0.6 is 35.3 Å². The van der Waals surface area contributed by atoms with Crippen LogP contribution in [0.4, 0.5) is 5.69 Å². The third-order valence-corrected chi connectivity index (χ3v) is 5.59. The van der Waals surface area contributed by atoms with E-state index in [0.717, 1.165) is 44.4 Å². The molecule has 1 saturated heterocycles. The zero-order valence-corrected chi connectivity index (χ0v) is 19.4. The molecule has 0 amide bonds. The highest BCUT2D eigenvalue weighted by Crippen LogP contribution is 2.22. The maximum atomic E-state index is 5.34. The van der Waals surface area contributed by atoms with Gasteiger partial charge in [0, 0.05) is 51.5 Å². The molecule has 1 unspecified atom stereocenters. The van der Waals surface area contributed by atoms with Gasteiger partial charge in [-0.25, -0.2) is 0 Å². The van der Waals surface area contributed by atoms with E-state index in [9.17, 15) is 0 Å². The van der Waals surface area contributed by atoms with Crippen LogP contribution in [0, 0.1) is 0 Å². The van der Waals surface area contributed by atoms with Gasteiger partial charge in [-0.3, -0.25) is 4.99 Å². The second-order valence-corrected chi connectivity index (χ2v) is 7.34. The molecule has 2 aromatic rings. The number of thiophene rings is 1. The lowest BCUT2D eigenvalue weighted by Crippen LogP contribution is -2.53. The number of piperazine rings is 1. The fraction of sp³-hybridized carbons (Fsp3) is 0.450. The van der Waals surface area contributed by atoms with Gasteiger partial charge in [-0.15, -0.1) is 24.0 Å². The number of anilines is 1. The molecule has 0 spiro atoms. The molecule has 0 bridgehead atoms. The minimum atomic E-state index is 0. The monoisotopic (exact) mass is 500 g/mol. The number of ether oxygens (including phenoxy) is 1. The zero-order chi connectivity index (χ0) is 18.4. The minimum Gasteiger partial charge on any atom is -0.497 e. The van der Waals surface area contributed by atoms with Gasteiger partial charge in [-0.1, -0.05) is 13.0 Å². The van der Waals surface area contributed by atoms with Crippen molar-refractivity contribution < 1.29 is 4.74 Å². The number of halogens is 1. The Morgan fingerprint density at radius 3 is 2.67 bits per heavy atom.